The van der Waals surface area contributed by atoms with Gasteiger partial charge in [0, 0.05) is 32.7 Å². The molecule has 1 amide bonds. The van der Waals surface area contributed by atoms with E-state index >= 15 is 0 Å². The second-order valence-corrected chi connectivity index (χ2v) is 8.72. The van der Waals surface area contributed by atoms with E-state index in [1.54, 1.807) is 29.2 Å². The Labute approximate surface area is 209 Å². The molecule has 3 aromatic carbocycles. The minimum absolute atomic E-state index is 0.186. The maximum Gasteiger partial charge on any atom is 0.338 e. The molecular weight excluding hydrogens is 460 g/mol. The topological polar surface area (TPSA) is 77.5 Å². The van der Waals surface area contributed by atoms with Crippen molar-refractivity contribution < 1.29 is 28.5 Å². The number of hydrogen-bond donors (Lipinski definition) is 0. The molecule has 2 heterocycles. The van der Waals surface area contributed by atoms with Gasteiger partial charge in [0.2, 0.25) is 6.79 Å². The molecule has 8 nitrogen and oxygen atoms in total. The van der Waals surface area contributed by atoms with Crippen LogP contribution in [0.4, 0.5) is 0 Å². The number of carbonyl (C=O) groups excluding carboxylic acids is 2. The summed E-state index contributed by atoms with van der Waals surface area (Å²) in [7, 11) is 0. The third-order valence-corrected chi connectivity index (χ3v) is 6.23. The van der Waals surface area contributed by atoms with E-state index in [-0.39, 0.29) is 19.3 Å². The molecule has 0 aliphatic carbocycles. The third-order valence-electron chi connectivity index (χ3n) is 6.23. The Morgan fingerprint density at radius 1 is 0.806 bits per heavy atom. The van der Waals surface area contributed by atoms with Crippen LogP contribution in [-0.4, -0.2) is 61.3 Å². The number of nitrogens with zero attached hydrogens (tertiary/aromatic N) is 2. The number of hydrogen-bond acceptors (Lipinski definition) is 7. The van der Waals surface area contributed by atoms with Crippen molar-refractivity contribution in [1.82, 2.24) is 9.80 Å². The molecule has 0 bridgehead atoms. The van der Waals surface area contributed by atoms with Crippen LogP contribution in [0, 0.1) is 0 Å². The van der Waals surface area contributed by atoms with E-state index in [2.05, 4.69) is 4.90 Å². The summed E-state index contributed by atoms with van der Waals surface area (Å²) in [5.74, 6) is 1.49. The quantitative estimate of drug-likeness (QED) is 0.449. The molecule has 0 aromatic heterocycles. The lowest BCUT2D eigenvalue weighted by molar-refractivity contribution is -0.136. The van der Waals surface area contributed by atoms with Crippen LogP contribution in [0.3, 0.4) is 0 Å². The lowest BCUT2D eigenvalue weighted by Crippen LogP contribution is -2.49. The molecule has 186 valence electrons. The second-order valence-electron chi connectivity index (χ2n) is 8.72. The average molecular weight is 489 g/mol. The van der Waals surface area contributed by atoms with Crippen LogP contribution in [0.5, 0.6) is 17.2 Å². The average Bonchev–Trinajstić information content (AvgIpc) is 3.40. The fourth-order valence-electron chi connectivity index (χ4n) is 4.18. The van der Waals surface area contributed by atoms with Gasteiger partial charge in [-0.1, -0.05) is 36.4 Å². The van der Waals surface area contributed by atoms with Crippen LogP contribution in [0.25, 0.3) is 0 Å². The molecule has 0 unspecified atom stereocenters. The first-order valence-corrected chi connectivity index (χ1v) is 12.0. The van der Waals surface area contributed by atoms with Crippen molar-refractivity contribution in [2.45, 2.75) is 13.2 Å². The number of rotatable bonds is 8. The first-order chi connectivity index (χ1) is 17.6. The van der Waals surface area contributed by atoms with Gasteiger partial charge in [-0.25, -0.2) is 4.79 Å². The Bertz CT molecular complexity index is 1190. The molecule has 0 N–H and O–H groups in total. The molecule has 0 radical (unpaired) electrons. The summed E-state index contributed by atoms with van der Waals surface area (Å²) in [4.78, 5) is 29.0. The normalized spacial score (nSPS) is 14.9. The highest BCUT2D eigenvalue weighted by molar-refractivity contribution is 5.91. The highest BCUT2D eigenvalue weighted by atomic mass is 16.7. The molecule has 0 saturated carbocycles. The Balaban J connectivity index is 1.03. The summed E-state index contributed by atoms with van der Waals surface area (Å²) in [6, 6.07) is 22.5. The van der Waals surface area contributed by atoms with Gasteiger partial charge >= 0.3 is 5.97 Å². The predicted octanol–water partition coefficient (Wildman–Crippen LogP) is 3.50. The van der Waals surface area contributed by atoms with Crippen molar-refractivity contribution in [3.8, 4) is 17.2 Å². The first-order valence-electron chi connectivity index (χ1n) is 12.0. The SMILES string of the molecule is O=C(OCC(=O)N1CCN(Cc2ccc3c(c2)OCO3)CC1)c1ccc(OCc2ccccc2)cc1. The van der Waals surface area contributed by atoms with Crippen LogP contribution in [0.1, 0.15) is 21.5 Å². The van der Waals surface area contributed by atoms with Crippen molar-refractivity contribution >= 4 is 11.9 Å². The summed E-state index contributed by atoms with van der Waals surface area (Å²) in [5, 5.41) is 0. The number of ether oxygens (including phenoxy) is 4. The Hall–Kier alpha value is -4.04. The van der Waals surface area contributed by atoms with Crippen LogP contribution in [0.15, 0.2) is 72.8 Å². The number of esters is 1. The van der Waals surface area contributed by atoms with Gasteiger partial charge < -0.3 is 23.8 Å². The standard InChI is InChI=1S/C28H28N2O6/c31-27(30-14-12-29(13-15-30)17-22-6-11-25-26(16-22)36-20-35-25)19-34-28(32)23-7-9-24(10-8-23)33-18-21-4-2-1-3-5-21/h1-11,16H,12-15,17-20H2. The number of carbonyl (C=O) groups is 2. The zero-order chi connectivity index (χ0) is 24.7. The van der Waals surface area contributed by atoms with Crippen LogP contribution in [-0.2, 0) is 22.7 Å². The number of amides is 1. The maximum absolute atomic E-state index is 12.6. The summed E-state index contributed by atoms with van der Waals surface area (Å²) in [5.41, 5.74) is 2.58. The summed E-state index contributed by atoms with van der Waals surface area (Å²) < 4.78 is 21.8. The van der Waals surface area contributed by atoms with Crippen molar-refractivity contribution in [1.29, 1.82) is 0 Å². The fourth-order valence-corrected chi connectivity index (χ4v) is 4.18. The third kappa shape index (κ3) is 5.95. The van der Waals surface area contributed by atoms with Gasteiger partial charge in [0.1, 0.15) is 12.4 Å². The summed E-state index contributed by atoms with van der Waals surface area (Å²) in [6.07, 6.45) is 0. The number of fused-ring (bicyclic) bond motifs is 1. The number of piperazine rings is 1. The maximum atomic E-state index is 12.6. The van der Waals surface area contributed by atoms with Crippen molar-refractivity contribution in [3.63, 3.8) is 0 Å². The Morgan fingerprint density at radius 3 is 2.33 bits per heavy atom. The van der Waals surface area contributed by atoms with Crippen molar-refractivity contribution in [3.05, 3.63) is 89.5 Å². The van der Waals surface area contributed by atoms with Gasteiger partial charge in [0.15, 0.2) is 18.1 Å². The predicted molar refractivity (Wildman–Crippen MR) is 132 cm³/mol. The van der Waals surface area contributed by atoms with E-state index in [0.717, 1.165) is 42.3 Å². The fraction of sp³-hybridized carbons (Fsp3) is 0.286. The van der Waals surface area contributed by atoms with Crippen LogP contribution >= 0.6 is 0 Å². The lowest BCUT2D eigenvalue weighted by atomic mass is 10.1. The van der Waals surface area contributed by atoms with Gasteiger partial charge in [0.25, 0.3) is 5.91 Å². The largest absolute Gasteiger partial charge is 0.489 e. The molecule has 2 aliphatic heterocycles. The Kier molecular flexibility index (Phi) is 7.33. The van der Waals surface area contributed by atoms with E-state index in [4.69, 9.17) is 18.9 Å². The summed E-state index contributed by atoms with van der Waals surface area (Å²) >= 11 is 0. The van der Waals surface area contributed by atoms with Gasteiger partial charge in [-0.05, 0) is 47.5 Å². The van der Waals surface area contributed by atoms with Gasteiger partial charge in [-0.2, -0.15) is 0 Å². The molecule has 2 aliphatic rings. The zero-order valence-electron chi connectivity index (χ0n) is 19.9. The molecule has 1 fully saturated rings. The monoisotopic (exact) mass is 488 g/mol. The van der Waals surface area contributed by atoms with E-state index < -0.39 is 5.97 Å². The first kappa shape index (κ1) is 23.7. The molecule has 36 heavy (non-hydrogen) atoms. The minimum Gasteiger partial charge on any atom is -0.489 e. The van der Waals surface area contributed by atoms with Gasteiger partial charge in [-0.3, -0.25) is 9.69 Å². The second kappa shape index (κ2) is 11.1. The zero-order valence-corrected chi connectivity index (χ0v) is 19.9. The molecule has 5 rings (SSSR count). The van der Waals surface area contributed by atoms with E-state index in [1.807, 2.05) is 48.5 Å². The molecule has 8 heteroatoms. The smallest absolute Gasteiger partial charge is 0.338 e. The minimum atomic E-state index is -0.528. The van der Waals surface area contributed by atoms with Crippen molar-refractivity contribution in [2.75, 3.05) is 39.6 Å². The van der Waals surface area contributed by atoms with E-state index in [1.165, 1.54) is 0 Å². The lowest BCUT2D eigenvalue weighted by Gasteiger charge is -2.34. The van der Waals surface area contributed by atoms with Gasteiger partial charge in [0.05, 0.1) is 5.56 Å². The van der Waals surface area contributed by atoms with E-state index in [9.17, 15) is 9.59 Å². The summed E-state index contributed by atoms with van der Waals surface area (Å²) in [6.45, 7) is 3.90. The van der Waals surface area contributed by atoms with E-state index in [0.29, 0.717) is 31.0 Å². The molecule has 0 spiro atoms. The molecule has 0 atom stereocenters. The highest BCUT2D eigenvalue weighted by Gasteiger charge is 2.23. The molecule has 1 saturated heterocycles. The van der Waals surface area contributed by atoms with Crippen LogP contribution in [0.2, 0.25) is 0 Å². The van der Waals surface area contributed by atoms with Crippen molar-refractivity contribution in [2.24, 2.45) is 0 Å². The van der Waals surface area contributed by atoms with Gasteiger partial charge in [-0.15, -0.1) is 0 Å². The molecule has 3 aromatic rings. The van der Waals surface area contributed by atoms with Crippen LogP contribution < -0.4 is 14.2 Å². The number of benzene rings is 3. The highest BCUT2D eigenvalue weighted by Crippen LogP contribution is 2.32. The Morgan fingerprint density at radius 2 is 1.56 bits per heavy atom. The molecular formula is C28H28N2O6.